The molecule has 3 heterocycles. The molecule has 0 saturated carbocycles. The summed E-state index contributed by atoms with van der Waals surface area (Å²) in [5.41, 5.74) is -10.4. The number of benzene rings is 10. The van der Waals surface area contributed by atoms with E-state index in [2.05, 4.69) is 0 Å². The zero-order chi connectivity index (χ0) is 72.8. The maximum atomic E-state index is 10.5. The average Bonchev–Trinajstić information content (AvgIpc) is 1.52. The summed E-state index contributed by atoms with van der Waals surface area (Å²) in [6.45, 7) is 0. The Kier molecular flexibility index (Phi) is 3.33. The highest BCUT2D eigenvalue weighted by Crippen LogP contribution is 2.42. The van der Waals surface area contributed by atoms with Crippen molar-refractivity contribution in [3.63, 3.8) is 0 Å². The minimum Gasteiger partial charge on any atom is -0.309 e. The van der Waals surface area contributed by atoms with Gasteiger partial charge in [-0.25, -0.2) is 0 Å². The van der Waals surface area contributed by atoms with Gasteiger partial charge in [0, 0.05) is 43.7 Å². The number of para-hydroxylation sites is 5. The fourth-order valence-corrected chi connectivity index (χ4v) is 7.87. The smallest absolute Gasteiger partial charge is 0.0782 e. The number of fused-ring (bicyclic) bond motifs is 9. The zero-order valence-corrected chi connectivity index (χ0v) is 31.6. The summed E-state index contributed by atoms with van der Waals surface area (Å²) >= 11 is 0. The molecule has 3 nitrogen and oxygen atoms in total. The summed E-state index contributed by atoms with van der Waals surface area (Å²) in [5, 5.41) is -3.88. The van der Waals surface area contributed by atoms with Crippen LogP contribution in [0, 0.1) is 0 Å². The Hall–Kier alpha value is -8.40. The second kappa shape index (κ2) is 14.1. The van der Waals surface area contributed by atoms with Crippen molar-refractivity contribution in [3.8, 4) is 50.4 Å². The highest BCUT2D eigenvalue weighted by atomic mass is 15.1. The van der Waals surface area contributed by atoms with Crippen molar-refractivity contribution >= 4 is 65.4 Å². The molecule has 63 heavy (non-hydrogen) atoms. The third kappa shape index (κ3) is 5.53. The van der Waals surface area contributed by atoms with Crippen LogP contribution in [0.25, 0.3) is 116 Å². The molecule has 0 aliphatic carbocycles. The molecule has 3 heteroatoms. The van der Waals surface area contributed by atoms with Crippen LogP contribution in [0.3, 0.4) is 0 Å². The molecule has 0 atom stereocenters. The van der Waals surface area contributed by atoms with E-state index >= 15 is 0 Å². The molecule has 0 aliphatic rings. The summed E-state index contributed by atoms with van der Waals surface area (Å²) in [5.74, 6) is 0. The molecule has 0 unspecified atom stereocenters. The van der Waals surface area contributed by atoms with Crippen molar-refractivity contribution in [2.45, 2.75) is 0 Å². The fourth-order valence-electron chi connectivity index (χ4n) is 7.87. The van der Waals surface area contributed by atoms with Crippen LogP contribution in [0.2, 0.25) is 0 Å². The van der Waals surface area contributed by atoms with Crippen molar-refractivity contribution in [3.05, 3.63) is 236 Å². The lowest BCUT2D eigenvalue weighted by molar-refractivity contribution is 1.13. The first-order chi connectivity index (χ1) is 46.2. The van der Waals surface area contributed by atoms with Gasteiger partial charge in [0.05, 0.1) is 88.1 Å². The van der Waals surface area contributed by atoms with Gasteiger partial charge < -0.3 is 13.7 Å². The Labute approximate surface area is 415 Å². The lowest BCUT2D eigenvalue weighted by Crippen LogP contribution is -2.01. The van der Waals surface area contributed by atoms with Gasteiger partial charge in [0.2, 0.25) is 0 Å². The van der Waals surface area contributed by atoms with Crippen molar-refractivity contribution in [2.24, 2.45) is 0 Å². The minimum atomic E-state index is -1.17. The molecule has 0 bridgehead atoms. The number of aromatic nitrogens is 3. The molecule has 13 rings (SSSR count). The molecule has 3 aromatic heterocycles. The number of rotatable bonds is 6. The van der Waals surface area contributed by atoms with E-state index in [1.807, 2.05) is 0 Å². The molecule has 0 N–H and O–H groups in total. The third-order valence-corrected chi connectivity index (χ3v) is 10.4. The Morgan fingerprint density at radius 2 is 0.683 bits per heavy atom. The van der Waals surface area contributed by atoms with E-state index < -0.39 is 333 Å². The first kappa shape index (κ1) is 14.9. The van der Waals surface area contributed by atoms with Crippen LogP contribution < -0.4 is 0 Å². The molecule has 0 radical (unpaired) electrons. The second-order valence-corrected chi connectivity index (χ2v) is 13.8. The van der Waals surface area contributed by atoms with E-state index in [4.69, 9.17) is 30.2 Å². The van der Waals surface area contributed by atoms with Gasteiger partial charge in [0.15, 0.2) is 0 Å². The lowest BCUT2D eigenvalue weighted by Gasteiger charge is -2.16. The Morgan fingerprint density at radius 3 is 1.32 bits per heavy atom. The monoisotopic (exact) mass is 838 g/mol. The summed E-state index contributed by atoms with van der Waals surface area (Å²) < 4.78 is 333. The van der Waals surface area contributed by atoms with E-state index in [1.54, 1.807) is 0 Å². The number of hydrogen-bond donors (Lipinski definition) is 0. The van der Waals surface area contributed by atoms with Gasteiger partial charge in [-0.15, -0.1) is 0 Å². The summed E-state index contributed by atoms with van der Waals surface area (Å²) in [6.07, 6.45) is 0. The molecule has 10 aromatic carbocycles. The first-order valence-electron chi connectivity index (χ1n) is 36.7. The van der Waals surface area contributed by atoms with Crippen molar-refractivity contribution in [1.82, 2.24) is 13.7 Å². The Balaban J connectivity index is 1.27. The van der Waals surface area contributed by atoms with Gasteiger partial charge >= 0.3 is 0 Å². The van der Waals surface area contributed by atoms with E-state index in [-0.39, 0.29) is 0 Å². The van der Waals surface area contributed by atoms with Crippen LogP contribution in [0.15, 0.2) is 236 Å². The highest BCUT2D eigenvalue weighted by Gasteiger charge is 2.21. The van der Waals surface area contributed by atoms with Gasteiger partial charge in [0.1, 0.15) is 0 Å². The van der Waals surface area contributed by atoms with Crippen LogP contribution >= 0.6 is 0 Å². The van der Waals surface area contributed by atoms with E-state index in [0.29, 0.717) is 4.57 Å². The molecule has 0 saturated heterocycles. The predicted molar refractivity (Wildman–Crippen MR) is 266 cm³/mol. The molecule has 0 amide bonds. The van der Waals surface area contributed by atoms with Gasteiger partial charge in [-0.1, -0.05) is 163 Å². The third-order valence-electron chi connectivity index (χ3n) is 10.4. The average molecular weight is 838 g/mol. The zero-order valence-electron chi connectivity index (χ0n) is 67.6. The molecular weight excluding hydrogens is 763 g/mol. The highest BCUT2D eigenvalue weighted by molar-refractivity contribution is 6.16. The summed E-state index contributed by atoms with van der Waals surface area (Å²) in [7, 11) is 0. The molecule has 0 fully saturated rings. The maximum Gasteiger partial charge on any atom is 0.0782 e. The van der Waals surface area contributed by atoms with E-state index in [1.165, 1.54) is 0 Å². The van der Waals surface area contributed by atoms with Crippen molar-refractivity contribution in [1.29, 1.82) is 0 Å². The van der Waals surface area contributed by atoms with Crippen LogP contribution in [0.4, 0.5) is 0 Å². The first-order valence-corrected chi connectivity index (χ1v) is 18.7. The Bertz CT molecular complexity index is 5920. The molecule has 13 aromatic rings. The maximum absolute atomic E-state index is 10.5. The van der Waals surface area contributed by atoms with Crippen molar-refractivity contribution < 1.29 is 49.3 Å². The van der Waals surface area contributed by atoms with E-state index in [9.17, 15) is 19.2 Å². The van der Waals surface area contributed by atoms with Crippen LogP contribution in [0.1, 0.15) is 49.3 Å². The Morgan fingerprint density at radius 1 is 0.254 bits per heavy atom. The molecule has 0 spiro atoms. The summed E-state index contributed by atoms with van der Waals surface area (Å²) in [6, 6.07) is -31.4. The van der Waals surface area contributed by atoms with Crippen LogP contribution in [-0.4, -0.2) is 13.7 Å². The van der Waals surface area contributed by atoms with Gasteiger partial charge in [-0.2, -0.15) is 0 Å². The van der Waals surface area contributed by atoms with Crippen LogP contribution in [0.5, 0.6) is 0 Å². The number of nitrogens with zero attached hydrogens (tertiary/aromatic N) is 3. The quantitative estimate of drug-likeness (QED) is 0.158. The van der Waals surface area contributed by atoms with Gasteiger partial charge in [-0.05, 0) is 106 Å². The largest absolute Gasteiger partial charge is 0.309 e. The predicted octanol–water partition coefficient (Wildman–Crippen LogP) is 16.0. The normalized spacial score (nSPS) is 19.8. The minimum absolute atomic E-state index is 0.432. The van der Waals surface area contributed by atoms with Gasteiger partial charge in [0.25, 0.3) is 0 Å². The standard InChI is InChI=1S/C60H39N3/c1-3-17-40(18-4-1)42-21-15-22-43(35-42)45-36-44(41-19-5-2-6-20-41)37-47(38-45)61-54-28-11-10-26-51(54)53-39-46(33-34-58(53)61)62-55-29-12-9-25-50(55)52-27-16-32-59(60(52)62)63-56-30-13-7-23-48(56)49-24-8-14-31-57(49)63/h1-39H/i1D,2D,3D,4D,5D,6D,7D,8D,9D,10D,11D,12D,13D,14D,15D,16D,17D,18D,19D,20D,21D,22D,23D,24D,25D,26D,27D,28D,29D,30D,31D,32D,33D,34D,35D,39D. The molecular formula is C60H39N3. The topological polar surface area (TPSA) is 14.8 Å². The summed E-state index contributed by atoms with van der Waals surface area (Å²) in [4.78, 5) is 0. The fraction of sp³-hybridized carbons (Fsp3) is 0. The molecule has 0 aliphatic heterocycles. The second-order valence-electron chi connectivity index (χ2n) is 13.8. The molecule has 294 valence electrons. The van der Waals surface area contributed by atoms with Crippen molar-refractivity contribution in [2.75, 3.05) is 0 Å². The van der Waals surface area contributed by atoms with Gasteiger partial charge in [-0.3, -0.25) is 0 Å². The van der Waals surface area contributed by atoms with E-state index in [0.717, 1.165) is 27.3 Å². The lowest BCUT2D eigenvalue weighted by atomic mass is 9.95. The van der Waals surface area contributed by atoms with Crippen LogP contribution in [-0.2, 0) is 0 Å². The number of hydrogen-bond acceptors (Lipinski definition) is 0. The SMILES string of the molecule is [2H]c1c([2H])c([2H])c(-c2cc(-c3c([2H])c([2H])c([2H])c(-c4c([2H])c([2H])c([2H])c([2H])c4[2H])c3[2H])cc(-n3c4c([2H])c([2H])c([2H])c([2H])c4c4c([2H])c(-n5c6c([2H])c([2H])c([2H])c([2H])c6c6c([2H])c([2H])c([2H])c(-n7c8c([2H])c([2H])c([2H])c([2H])c8c8c([2H])c([2H])c([2H])c([2H])c87)c65)c([2H])c([2H])c43)c2)c([2H])c1[2H].